The molecule has 16 heavy (non-hydrogen) atoms. The molecule has 0 aliphatic rings. The number of carbonyl (C=O) groups excluding carboxylic acids is 1. The Morgan fingerprint density at radius 3 is 2.88 bits per heavy atom. The highest BCUT2D eigenvalue weighted by Gasteiger charge is 2.11. The van der Waals surface area contributed by atoms with E-state index >= 15 is 0 Å². The predicted octanol–water partition coefficient (Wildman–Crippen LogP) is 3.03. The van der Waals surface area contributed by atoms with Crippen LogP contribution >= 0.6 is 38.5 Å². The van der Waals surface area contributed by atoms with Crippen LogP contribution in [0, 0.1) is 14.9 Å². The van der Waals surface area contributed by atoms with Crippen LogP contribution in [0.4, 0.5) is 0 Å². The number of hydrogen-bond donors (Lipinski definition) is 0. The van der Waals surface area contributed by atoms with Crippen molar-refractivity contribution in [1.29, 1.82) is 5.26 Å². The Kier molecular flexibility index (Phi) is 5.22. The van der Waals surface area contributed by atoms with Gasteiger partial charge in [-0.1, -0.05) is 0 Å². The van der Waals surface area contributed by atoms with E-state index in [-0.39, 0.29) is 12.4 Å². The van der Waals surface area contributed by atoms with Gasteiger partial charge in [0.25, 0.3) is 0 Å². The molecule has 1 aromatic carbocycles. The lowest BCUT2D eigenvalue weighted by Crippen LogP contribution is -2.08. The molecule has 0 aliphatic heterocycles. The van der Waals surface area contributed by atoms with E-state index in [1.165, 1.54) is 0 Å². The first kappa shape index (κ1) is 13.5. The SMILES string of the molecule is CCOC(=O)Cc1cc(C#N)cc(I)c1Br. The number of hydrogen-bond acceptors (Lipinski definition) is 3. The van der Waals surface area contributed by atoms with Crippen molar-refractivity contribution >= 4 is 44.5 Å². The molecule has 0 radical (unpaired) electrons. The molecule has 5 heteroatoms. The molecule has 0 fully saturated rings. The minimum absolute atomic E-state index is 0.181. The molecule has 0 aromatic heterocycles. The highest BCUT2D eigenvalue weighted by molar-refractivity contribution is 14.1. The maximum atomic E-state index is 11.3. The van der Waals surface area contributed by atoms with E-state index in [9.17, 15) is 4.79 Å². The summed E-state index contributed by atoms with van der Waals surface area (Å²) in [5.74, 6) is -0.283. The molecular weight excluding hydrogens is 385 g/mol. The number of nitrogens with zero attached hydrogens (tertiary/aromatic N) is 1. The van der Waals surface area contributed by atoms with Gasteiger partial charge in [-0.15, -0.1) is 0 Å². The molecule has 0 amide bonds. The minimum atomic E-state index is -0.283. The van der Waals surface area contributed by atoms with Gasteiger partial charge in [-0.05, 0) is 63.1 Å². The first-order valence-corrected chi connectivity index (χ1v) is 6.49. The fourth-order valence-electron chi connectivity index (χ4n) is 1.21. The summed E-state index contributed by atoms with van der Waals surface area (Å²) in [5, 5.41) is 8.83. The molecule has 0 bridgehead atoms. The van der Waals surface area contributed by atoms with Gasteiger partial charge in [0, 0.05) is 8.04 Å². The van der Waals surface area contributed by atoms with Crippen LogP contribution < -0.4 is 0 Å². The van der Waals surface area contributed by atoms with E-state index in [1.807, 2.05) is 0 Å². The number of carbonyl (C=O) groups is 1. The molecule has 84 valence electrons. The molecule has 3 nitrogen and oxygen atoms in total. The molecule has 0 aliphatic carbocycles. The molecular formula is C11H9BrINO2. The van der Waals surface area contributed by atoms with Gasteiger partial charge in [-0.3, -0.25) is 4.79 Å². The van der Waals surface area contributed by atoms with E-state index < -0.39 is 0 Å². The minimum Gasteiger partial charge on any atom is -0.466 e. The van der Waals surface area contributed by atoms with Gasteiger partial charge in [0.15, 0.2) is 0 Å². The Bertz CT molecular complexity index is 454. The molecule has 0 saturated heterocycles. The lowest BCUT2D eigenvalue weighted by molar-refractivity contribution is -0.142. The maximum Gasteiger partial charge on any atom is 0.310 e. The smallest absolute Gasteiger partial charge is 0.310 e. The Balaban J connectivity index is 3.00. The number of halogens is 2. The molecule has 0 atom stereocenters. The lowest BCUT2D eigenvalue weighted by atomic mass is 10.1. The molecule has 0 spiro atoms. The van der Waals surface area contributed by atoms with Gasteiger partial charge in [-0.25, -0.2) is 0 Å². The van der Waals surface area contributed by atoms with Crippen molar-refractivity contribution < 1.29 is 9.53 Å². The van der Waals surface area contributed by atoms with Gasteiger partial charge in [0.05, 0.1) is 24.7 Å². The lowest BCUT2D eigenvalue weighted by Gasteiger charge is -2.06. The van der Waals surface area contributed by atoms with Crippen LogP contribution in [-0.4, -0.2) is 12.6 Å². The normalized spacial score (nSPS) is 9.62. The predicted molar refractivity (Wildman–Crippen MR) is 71.9 cm³/mol. The molecule has 1 rings (SSSR count). The molecule has 0 N–H and O–H groups in total. The highest BCUT2D eigenvalue weighted by Crippen LogP contribution is 2.25. The summed E-state index contributed by atoms with van der Waals surface area (Å²) >= 11 is 5.52. The van der Waals surface area contributed by atoms with Crippen LogP contribution in [0.1, 0.15) is 18.1 Å². The number of esters is 1. The summed E-state index contributed by atoms with van der Waals surface area (Å²) in [6.45, 7) is 2.13. The van der Waals surface area contributed by atoms with Crippen molar-refractivity contribution in [1.82, 2.24) is 0 Å². The van der Waals surface area contributed by atoms with Crippen molar-refractivity contribution in [2.75, 3.05) is 6.61 Å². The van der Waals surface area contributed by atoms with Crippen LogP contribution in [-0.2, 0) is 16.0 Å². The number of rotatable bonds is 3. The first-order valence-electron chi connectivity index (χ1n) is 4.62. The summed E-state index contributed by atoms with van der Waals surface area (Å²) in [6, 6.07) is 5.52. The molecule has 0 heterocycles. The molecule has 0 unspecified atom stereocenters. The van der Waals surface area contributed by atoms with Crippen LogP contribution in [0.15, 0.2) is 16.6 Å². The second-order valence-electron chi connectivity index (χ2n) is 3.02. The monoisotopic (exact) mass is 393 g/mol. The molecule has 0 saturated carbocycles. The number of nitriles is 1. The van der Waals surface area contributed by atoms with E-state index in [2.05, 4.69) is 44.6 Å². The van der Waals surface area contributed by atoms with Crippen LogP contribution in [0.5, 0.6) is 0 Å². The van der Waals surface area contributed by atoms with Crippen LogP contribution in [0.25, 0.3) is 0 Å². The van der Waals surface area contributed by atoms with Crippen molar-refractivity contribution in [3.8, 4) is 6.07 Å². The van der Waals surface area contributed by atoms with Gasteiger partial charge in [0.2, 0.25) is 0 Å². The first-order chi connectivity index (χ1) is 7.58. The summed E-state index contributed by atoms with van der Waals surface area (Å²) in [4.78, 5) is 11.3. The van der Waals surface area contributed by atoms with E-state index in [1.54, 1.807) is 19.1 Å². The van der Waals surface area contributed by atoms with Crippen molar-refractivity contribution in [2.24, 2.45) is 0 Å². The number of ether oxygens (including phenoxy) is 1. The average molecular weight is 394 g/mol. The largest absolute Gasteiger partial charge is 0.466 e. The van der Waals surface area contributed by atoms with Gasteiger partial charge in [-0.2, -0.15) is 5.26 Å². The van der Waals surface area contributed by atoms with E-state index in [0.29, 0.717) is 12.2 Å². The summed E-state index contributed by atoms with van der Waals surface area (Å²) in [7, 11) is 0. The second kappa shape index (κ2) is 6.21. The zero-order valence-corrected chi connectivity index (χ0v) is 12.3. The fourth-order valence-corrected chi connectivity index (χ4v) is 2.26. The van der Waals surface area contributed by atoms with Gasteiger partial charge in [0.1, 0.15) is 0 Å². The zero-order chi connectivity index (χ0) is 12.1. The summed E-state index contributed by atoms with van der Waals surface area (Å²) in [5.41, 5.74) is 1.33. The van der Waals surface area contributed by atoms with Crippen LogP contribution in [0.3, 0.4) is 0 Å². The van der Waals surface area contributed by atoms with Crippen LogP contribution in [0.2, 0.25) is 0 Å². The van der Waals surface area contributed by atoms with E-state index in [0.717, 1.165) is 13.6 Å². The van der Waals surface area contributed by atoms with Crippen molar-refractivity contribution in [2.45, 2.75) is 13.3 Å². The Morgan fingerprint density at radius 2 is 2.31 bits per heavy atom. The average Bonchev–Trinajstić information content (AvgIpc) is 2.24. The van der Waals surface area contributed by atoms with Gasteiger partial charge < -0.3 is 4.74 Å². The Hall–Kier alpha value is -0.610. The highest BCUT2D eigenvalue weighted by atomic mass is 127. The quantitative estimate of drug-likeness (QED) is 0.585. The third-order valence-corrected chi connectivity index (χ3v) is 4.40. The van der Waals surface area contributed by atoms with E-state index in [4.69, 9.17) is 10.00 Å². The Morgan fingerprint density at radius 1 is 1.62 bits per heavy atom. The summed E-state index contributed by atoms with van der Waals surface area (Å²) in [6.07, 6.45) is 0.181. The number of benzene rings is 1. The standard InChI is InChI=1S/C11H9BrINO2/c1-2-16-10(15)5-8-3-7(6-14)4-9(13)11(8)12/h3-4H,2,5H2,1H3. The zero-order valence-electron chi connectivity index (χ0n) is 8.59. The van der Waals surface area contributed by atoms with Crippen molar-refractivity contribution in [3.05, 3.63) is 31.3 Å². The third-order valence-electron chi connectivity index (χ3n) is 1.87. The molecule has 1 aromatic rings. The van der Waals surface area contributed by atoms with Gasteiger partial charge >= 0.3 is 5.97 Å². The second-order valence-corrected chi connectivity index (χ2v) is 4.98. The topological polar surface area (TPSA) is 50.1 Å². The maximum absolute atomic E-state index is 11.3. The summed E-state index contributed by atoms with van der Waals surface area (Å²) < 4.78 is 6.63. The third kappa shape index (κ3) is 3.46. The van der Waals surface area contributed by atoms with Crippen molar-refractivity contribution in [3.63, 3.8) is 0 Å². The Labute approximate surface area is 116 Å². The fraction of sp³-hybridized carbons (Fsp3) is 0.273.